The first-order valence-corrected chi connectivity index (χ1v) is 5.71. The van der Waals surface area contributed by atoms with Gasteiger partial charge in [0.2, 0.25) is 0 Å². The lowest BCUT2D eigenvalue weighted by atomic mass is 10.2. The SMILES string of the molecule is CN(C(=O)c1cc(Cl)ncc1N)c1ccccc1. The second kappa shape index (κ2) is 5.06. The number of nitrogens with two attached hydrogens (primary N) is 1. The summed E-state index contributed by atoms with van der Waals surface area (Å²) >= 11 is 5.77. The fraction of sp³-hybridized carbons (Fsp3) is 0.0769. The highest BCUT2D eigenvalue weighted by Gasteiger charge is 2.16. The summed E-state index contributed by atoms with van der Waals surface area (Å²) in [5.74, 6) is -0.219. The molecule has 0 saturated heterocycles. The minimum atomic E-state index is -0.219. The van der Waals surface area contributed by atoms with E-state index >= 15 is 0 Å². The van der Waals surface area contributed by atoms with E-state index < -0.39 is 0 Å². The standard InChI is InChI=1S/C13H12ClN3O/c1-17(9-5-3-2-4-6-9)13(18)10-7-12(14)16-8-11(10)15/h2-8H,15H2,1H3. The average Bonchev–Trinajstić information content (AvgIpc) is 2.41. The van der Waals surface area contributed by atoms with Crippen molar-refractivity contribution in [3.8, 4) is 0 Å². The summed E-state index contributed by atoms with van der Waals surface area (Å²) in [5.41, 5.74) is 7.19. The Morgan fingerprint density at radius 3 is 2.67 bits per heavy atom. The number of hydrogen-bond acceptors (Lipinski definition) is 3. The molecule has 1 aromatic carbocycles. The van der Waals surface area contributed by atoms with Gasteiger partial charge in [-0.1, -0.05) is 29.8 Å². The number of benzene rings is 1. The molecule has 0 spiro atoms. The van der Waals surface area contributed by atoms with Crippen LogP contribution in [0.25, 0.3) is 0 Å². The Morgan fingerprint density at radius 2 is 2.00 bits per heavy atom. The fourth-order valence-corrected chi connectivity index (χ4v) is 1.73. The highest BCUT2D eigenvalue weighted by Crippen LogP contribution is 2.20. The fourth-order valence-electron chi connectivity index (χ4n) is 1.58. The van der Waals surface area contributed by atoms with E-state index in [0.717, 1.165) is 5.69 Å². The van der Waals surface area contributed by atoms with Gasteiger partial charge in [0.05, 0.1) is 17.4 Å². The lowest BCUT2D eigenvalue weighted by Gasteiger charge is -2.18. The van der Waals surface area contributed by atoms with E-state index in [9.17, 15) is 4.79 Å². The molecule has 0 fully saturated rings. The van der Waals surface area contributed by atoms with Gasteiger partial charge in [-0.25, -0.2) is 4.98 Å². The lowest BCUT2D eigenvalue weighted by molar-refractivity contribution is 0.0994. The summed E-state index contributed by atoms with van der Waals surface area (Å²) < 4.78 is 0. The maximum Gasteiger partial charge on any atom is 0.260 e. The maximum atomic E-state index is 12.3. The first-order chi connectivity index (χ1) is 8.59. The molecule has 0 saturated carbocycles. The van der Waals surface area contributed by atoms with Crippen molar-refractivity contribution in [1.82, 2.24) is 4.98 Å². The van der Waals surface area contributed by atoms with Crippen LogP contribution in [0, 0.1) is 0 Å². The number of halogens is 1. The third-order valence-electron chi connectivity index (χ3n) is 2.58. The summed E-state index contributed by atoms with van der Waals surface area (Å²) in [5, 5.41) is 0.244. The number of nitrogen functional groups attached to an aromatic ring is 1. The van der Waals surface area contributed by atoms with Crippen molar-refractivity contribution in [2.45, 2.75) is 0 Å². The molecule has 0 aliphatic carbocycles. The van der Waals surface area contributed by atoms with Gasteiger partial charge < -0.3 is 10.6 Å². The minimum Gasteiger partial charge on any atom is -0.397 e. The van der Waals surface area contributed by atoms with Crippen molar-refractivity contribution in [3.63, 3.8) is 0 Å². The number of carbonyl (C=O) groups excluding carboxylic acids is 1. The highest BCUT2D eigenvalue weighted by molar-refractivity contribution is 6.30. The predicted molar refractivity (Wildman–Crippen MR) is 72.8 cm³/mol. The quantitative estimate of drug-likeness (QED) is 0.846. The molecule has 4 nitrogen and oxygen atoms in total. The molecule has 0 atom stereocenters. The highest BCUT2D eigenvalue weighted by atomic mass is 35.5. The molecule has 0 radical (unpaired) electrons. The summed E-state index contributed by atoms with van der Waals surface area (Å²) in [6, 6.07) is 10.8. The van der Waals surface area contributed by atoms with E-state index in [1.54, 1.807) is 7.05 Å². The monoisotopic (exact) mass is 261 g/mol. The van der Waals surface area contributed by atoms with Crippen LogP contribution in [0.2, 0.25) is 5.15 Å². The number of pyridine rings is 1. The van der Waals surface area contributed by atoms with Crippen LogP contribution in [0.3, 0.4) is 0 Å². The van der Waals surface area contributed by atoms with Crippen LogP contribution in [-0.4, -0.2) is 17.9 Å². The largest absolute Gasteiger partial charge is 0.397 e. The number of hydrogen-bond donors (Lipinski definition) is 1. The molecule has 2 N–H and O–H groups in total. The molecule has 1 aromatic heterocycles. The summed E-state index contributed by atoms with van der Waals surface area (Å²) in [7, 11) is 1.69. The molecule has 2 aromatic rings. The van der Waals surface area contributed by atoms with Gasteiger partial charge in [-0.05, 0) is 18.2 Å². The number of aromatic nitrogens is 1. The van der Waals surface area contributed by atoms with E-state index in [4.69, 9.17) is 17.3 Å². The van der Waals surface area contributed by atoms with E-state index in [0.29, 0.717) is 11.3 Å². The summed E-state index contributed by atoms with van der Waals surface area (Å²) in [6.07, 6.45) is 1.38. The zero-order valence-electron chi connectivity index (χ0n) is 9.80. The van der Waals surface area contributed by atoms with Crippen molar-refractivity contribution in [1.29, 1.82) is 0 Å². The molecule has 0 aliphatic rings. The molecule has 0 unspecified atom stereocenters. The Kier molecular flexibility index (Phi) is 3.48. The van der Waals surface area contributed by atoms with Gasteiger partial charge in [0, 0.05) is 12.7 Å². The van der Waals surface area contributed by atoms with Crippen LogP contribution < -0.4 is 10.6 Å². The second-order valence-corrected chi connectivity index (χ2v) is 4.18. The zero-order chi connectivity index (χ0) is 13.1. The van der Waals surface area contributed by atoms with E-state index in [2.05, 4.69) is 4.98 Å². The Bertz CT molecular complexity index is 572. The zero-order valence-corrected chi connectivity index (χ0v) is 10.6. The van der Waals surface area contributed by atoms with Crippen molar-refractivity contribution in [2.75, 3.05) is 17.7 Å². The topological polar surface area (TPSA) is 59.2 Å². The maximum absolute atomic E-state index is 12.3. The van der Waals surface area contributed by atoms with Crippen molar-refractivity contribution in [3.05, 3.63) is 53.3 Å². The van der Waals surface area contributed by atoms with Crippen LogP contribution in [0.15, 0.2) is 42.6 Å². The predicted octanol–water partition coefficient (Wildman–Crippen LogP) is 2.59. The Balaban J connectivity index is 2.34. The molecule has 92 valence electrons. The molecular weight excluding hydrogens is 250 g/mol. The Morgan fingerprint density at radius 1 is 1.33 bits per heavy atom. The Labute approximate surface area is 110 Å². The van der Waals surface area contributed by atoms with Crippen molar-refractivity contribution in [2.24, 2.45) is 0 Å². The van der Waals surface area contributed by atoms with Crippen LogP contribution in [0.4, 0.5) is 11.4 Å². The van der Waals surface area contributed by atoms with Crippen molar-refractivity contribution >= 4 is 28.9 Å². The molecule has 1 heterocycles. The molecule has 5 heteroatoms. The number of para-hydroxylation sites is 1. The van der Waals surface area contributed by atoms with Crippen LogP contribution in [0.5, 0.6) is 0 Å². The third-order valence-corrected chi connectivity index (χ3v) is 2.79. The molecule has 1 amide bonds. The Hall–Kier alpha value is -2.07. The smallest absolute Gasteiger partial charge is 0.260 e. The number of rotatable bonds is 2. The summed E-state index contributed by atoms with van der Waals surface area (Å²) in [4.78, 5) is 17.6. The third kappa shape index (κ3) is 2.43. The van der Waals surface area contributed by atoms with Gasteiger partial charge in [0.1, 0.15) is 5.15 Å². The number of amides is 1. The van der Waals surface area contributed by atoms with E-state index in [1.807, 2.05) is 30.3 Å². The molecule has 2 rings (SSSR count). The first-order valence-electron chi connectivity index (χ1n) is 5.33. The lowest BCUT2D eigenvalue weighted by Crippen LogP contribution is -2.27. The molecule has 0 bridgehead atoms. The van der Waals surface area contributed by atoms with Crippen molar-refractivity contribution < 1.29 is 4.79 Å². The van der Waals surface area contributed by atoms with Gasteiger partial charge in [-0.15, -0.1) is 0 Å². The average molecular weight is 262 g/mol. The van der Waals surface area contributed by atoms with Crippen LogP contribution in [0.1, 0.15) is 10.4 Å². The first kappa shape index (κ1) is 12.4. The van der Waals surface area contributed by atoms with Crippen LogP contribution >= 0.6 is 11.6 Å². The molecule has 18 heavy (non-hydrogen) atoms. The molecule has 0 aliphatic heterocycles. The molecular formula is C13H12ClN3O. The summed E-state index contributed by atoms with van der Waals surface area (Å²) in [6.45, 7) is 0. The normalized spacial score (nSPS) is 10.1. The second-order valence-electron chi connectivity index (χ2n) is 3.79. The number of anilines is 2. The van der Waals surface area contributed by atoms with E-state index in [-0.39, 0.29) is 11.1 Å². The van der Waals surface area contributed by atoms with Gasteiger partial charge >= 0.3 is 0 Å². The van der Waals surface area contributed by atoms with E-state index in [1.165, 1.54) is 17.2 Å². The number of nitrogens with zero attached hydrogens (tertiary/aromatic N) is 2. The van der Waals surface area contributed by atoms with Gasteiger partial charge in [0.25, 0.3) is 5.91 Å². The number of carbonyl (C=O) groups is 1. The van der Waals surface area contributed by atoms with Gasteiger partial charge in [0.15, 0.2) is 0 Å². The van der Waals surface area contributed by atoms with Gasteiger partial charge in [-0.2, -0.15) is 0 Å². The van der Waals surface area contributed by atoms with Crippen LogP contribution in [-0.2, 0) is 0 Å². The minimum absolute atomic E-state index is 0.219. The van der Waals surface area contributed by atoms with Gasteiger partial charge in [-0.3, -0.25) is 4.79 Å².